The van der Waals surface area contributed by atoms with Crippen LogP contribution in [0.1, 0.15) is 25.2 Å². The summed E-state index contributed by atoms with van der Waals surface area (Å²) in [4.78, 5) is 8.95. The Balaban J connectivity index is 2.60. The molecule has 0 aliphatic heterocycles. The van der Waals surface area contributed by atoms with Crippen molar-refractivity contribution in [1.29, 1.82) is 0 Å². The van der Waals surface area contributed by atoms with Crippen LogP contribution in [-0.4, -0.2) is 19.7 Å². The summed E-state index contributed by atoms with van der Waals surface area (Å²) in [6, 6.07) is 0. The van der Waals surface area contributed by atoms with Crippen LogP contribution >= 0.6 is 34.2 Å². The fourth-order valence-electron chi connectivity index (χ4n) is 1.80. The number of nitrogens with zero attached hydrogens (tertiary/aromatic N) is 4. The van der Waals surface area contributed by atoms with Gasteiger partial charge in [0.2, 0.25) is 0 Å². The monoisotopic (exact) mass is 376 g/mol. The van der Waals surface area contributed by atoms with Crippen molar-refractivity contribution in [1.82, 2.24) is 19.7 Å². The van der Waals surface area contributed by atoms with Gasteiger partial charge in [-0.1, -0.05) is 25.4 Å². The molecule has 0 saturated carbocycles. The van der Waals surface area contributed by atoms with Gasteiger partial charge in [0, 0.05) is 13.2 Å². The van der Waals surface area contributed by atoms with Crippen LogP contribution in [0.25, 0.3) is 11.4 Å². The molecule has 6 heteroatoms. The van der Waals surface area contributed by atoms with Crippen molar-refractivity contribution in [2.45, 2.75) is 26.7 Å². The molecule has 0 fully saturated rings. The lowest BCUT2D eigenvalue weighted by atomic mass is 10.2. The second-order valence-corrected chi connectivity index (χ2v) is 5.41. The van der Waals surface area contributed by atoms with Crippen LogP contribution in [0.5, 0.6) is 0 Å². The van der Waals surface area contributed by atoms with Crippen molar-refractivity contribution in [3.8, 4) is 11.4 Å². The van der Waals surface area contributed by atoms with Gasteiger partial charge >= 0.3 is 0 Å². The van der Waals surface area contributed by atoms with Crippen LogP contribution in [0.15, 0.2) is 6.20 Å². The van der Waals surface area contributed by atoms with E-state index < -0.39 is 0 Å². The van der Waals surface area contributed by atoms with Gasteiger partial charge in [-0.15, -0.1) is 0 Å². The van der Waals surface area contributed by atoms with Gasteiger partial charge in [0.1, 0.15) is 5.15 Å². The smallest absolute Gasteiger partial charge is 0.164 e. The number of aromatic nitrogens is 4. The van der Waals surface area contributed by atoms with Crippen LogP contribution < -0.4 is 0 Å². The molecule has 2 heterocycles. The summed E-state index contributed by atoms with van der Waals surface area (Å²) < 4.78 is 2.72. The van der Waals surface area contributed by atoms with Crippen LogP contribution in [0, 0.1) is 3.57 Å². The molecule has 0 amide bonds. The van der Waals surface area contributed by atoms with E-state index in [1.54, 1.807) is 4.68 Å². The molecule has 0 radical (unpaired) electrons. The molecule has 0 bridgehead atoms. The SMILES string of the molecule is CCc1nn(C)cc1-c1nc(Cl)c(I)c(CC)n1. The number of hydrogen-bond acceptors (Lipinski definition) is 3. The van der Waals surface area contributed by atoms with Crippen molar-refractivity contribution < 1.29 is 0 Å². The standard InChI is InChI=1S/C12H14ClIN4/c1-4-8-7(6-18(3)17-8)12-15-9(5-2)10(14)11(13)16-12/h6H,4-5H2,1-3H3. The van der Waals surface area contributed by atoms with E-state index in [1.165, 1.54) is 0 Å². The zero-order chi connectivity index (χ0) is 13.3. The van der Waals surface area contributed by atoms with Gasteiger partial charge < -0.3 is 0 Å². The topological polar surface area (TPSA) is 43.6 Å². The van der Waals surface area contributed by atoms with Crippen molar-refractivity contribution in [3.05, 3.63) is 26.3 Å². The van der Waals surface area contributed by atoms with Crippen molar-refractivity contribution in [2.75, 3.05) is 0 Å². The zero-order valence-electron chi connectivity index (χ0n) is 10.5. The largest absolute Gasteiger partial charge is 0.275 e. The van der Waals surface area contributed by atoms with Crippen LogP contribution in [-0.2, 0) is 19.9 Å². The maximum atomic E-state index is 6.16. The molecule has 0 aliphatic rings. The van der Waals surface area contributed by atoms with E-state index in [-0.39, 0.29) is 0 Å². The molecule has 0 spiro atoms. The summed E-state index contributed by atoms with van der Waals surface area (Å²) in [5.41, 5.74) is 2.95. The molecular formula is C12H14ClIN4. The lowest BCUT2D eigenvalue weighted by Gasteiger charge is -2.06. The maximum absolute atomic E-state index is 6.16. The molecule has 2 aromatic rings. The van der Waals surface area contributed by atoms with E-state index in [4.69, 9.17) is 11.6 Å². The molecule has 0 atom stereocenters. The fraction of sp³-hybridized carbons (Fsp3) is 0.417. The van der Waals surface area contributed by atoms with Gasteiger partial charge in [-0.05, 0) is 35.4 Å². The third kappa shape index (κ3) is 2.51. The molecule has 0 unspecified atom stereocenters. The van der Waals surface area contributed by atoms with Gasteiger partial charge in [0.25, 0.3) is 0 Å². The Kier molecular flexibility index (Phi) is 4.21. The number of halogens is 2. The minimum absolute atomic E-state index is 0.517. The van der Waals surface area contributed by atoms with Gasteiger partial charge in [0.05, 0.1) is 20.5 Å². The second-order valence-electron chi connectivity index (χ2n) is 3.97. The summed E-state index contributed by atoms with van der Waals surface area (Å²) in [5.74, 6) is 0.669. The first-order valence-electron chi connectivity index (χ1n) is 5.81. The highest BCUT2D eigenvalue weighted by Crippen LogP contribution is 2.26. The fourth-order valence-corrected chi connectivity index (χ4v) is 2.61. The van der Waals surface area contributed by atoms with E-state index in [1.807, 2.05) is 13.2 Å². The summed E-state index contributed by atoms with van der Waals surface area (Å²) in [6.07, 6.45) is 3.64. The first kappa shape index (κ1) is 13.7. The Morgan fingerprint density at radius 2 is 1.89 bits per heavy atom. The van der Waals surface area contributed by atoms with E-state index in [0.29, 0.717) is 11.0 Å². The molecule has 18 heavy (non-hydrogen) atoms. The van der Waals surface area contributed by atoms with Crippen molar-refractivity contribution in [2.24, 2.45) is 7.05 Å². The lowest BCUT2D eigenvalue weighted by Crippen LogP contribution is -2.00. The predicted molar refractivity (Wildman–Crippen MR) is 80.7 cm³/mol. The Hall–Kier alpha value is -0.690. The predicted octanol–water partition coefficient (Wildman–Crippen LogP) is 3.26. The lowest BCUT2D eigenvalue weighted by molar-refractivity contribution is 0.746. The Bertz CT molecular complexity index is 580. The highest BCUT2D eigenvalue weighted by Gasteiger charge is 2.15. The van der Waals surface area contributed by atoms with Gasteiger partial charge in [-0.25, -0.2) is 9.97 Å². The van der Waals surface area contributed by atoms with Gasteiger partial charge in [0.15, 0.2) is 5.82 Å². The summed E-state index contributed by atoms with van der Waals surface area (Å²) >= 11 is 8.35. The minimum atomic E-state index is 0.517. The van der Waals surface area contributed by atoms with Gasteiger partial charge in [-0.2, -0.15) is 5.10 Å². The van der Waals surface area contributed by atoms with Crippen LogP contribution in [0.3, 0.4) is 0 Å². The molecule has 2 aromatic heterocycles. The van der Waals surface area contributed by atoms with Crippen molar-refractivity contribution >= 4 is 34.2 Å². The number of hydrogen-bond donors (Lipinski definition) is 0. The molecule has 0 aromatic carbocycles. The average molecular weight is 377 g/mol. The molecule has 0 N–H and O–H groups in total. The molecule has 2 rings (SSSR count). The van der Waals surface area contributed by atoms with E-state index >= 15 is 0 Å². The Morgan fingerprint density at radius 1 is 1.22 bits per heavy atom. The van der Waals surface area contributed by atoms with Crippen LogP contribution in [0.4, 0.5) is 0 Å². The highest BCUT2D eigenvalue weighted by molar-refractivity contribution is 14.1. The van der Waals surface area contributed by atoms with Crippen LogP contribution in [0.2, 0.25) is 5.15 Å². The van der Waals surface area contributed by atoms with E-state index in [2.05, 4.69) is 51.5 Å². The quantitative estimate of drug-likeness (QED) is 0.610. The molecule has 0 saturated heterocycles. The molecule has 0 aliphatic carbocycles. The van der Waals surface area contributed by atoms with E-state index in [9.17, 15) is 0 Å². The third-order valence-corrected chi connectivity index (χ3v) is 4.42. The molecule has 4 nitrogen and oxygen atoms in total. The summed E-state index contributed by atoms with van der Waals surface area (Å²) in [5, 5.41) is 4.92. The van der Waals surface area contributed by atoms with Crippen molar-refractivity contribution in [3.63, 3.8) is 0 Å². The summed E-state index contributed by atoms with van der Waals surface area (Å²) in [7, 11) is 1.90. The second kappa shape index (κ2) is 5.52. The normalized spacial score (nSPS) is 10.9. The Morgan fingerprint density at radius 3 is 2.50 bits per heavy atom. The first-order chi connectivity index (χ1) is 8.56. The Labute approximate surface area is 125 Å². The molecule has 96 valence electrons. The first-order valence-corrected chi connectivity index (χ1v) is 7.27. The average Bonchev–Trinajstić information content (AvgIpc) is 2.73. The van der Waals surface area contributed by atoms with Gasteiger partial charge in [-0.3, -0.25) is 4.68 Å². The maximum Gasteiger partial charge on any atom is 0.164 e. The molecular weight excluding hydrogens is 363 g/mol. The number of aryl methyl sites for hydroxylation is 3. The highest BCUT2D eigenvalue weighted by atomic mass is 127. The number of rotatable bonds is 3. The zero-order valence-corrected chi connectivity index (χ0v) is 13.4. The van der Waals surface area contributed by atoms with E-state index in [0.717, 1.165) is 33.4 Å². The third-order valence-electron chi connectivity index (χ3n) is 2.70. The summed E-state index contributed by atoms with van der Waals surface area (Å²) in [6.45, 7) is 4.13. The minimum Gasteiger partial charge on any atom is -0.275 e.